The van der Waals surface area contributed by atoms with Gasteiger partial charge in [-0.25, -0.2) is 4.79 Å². The van der Waals surface area contributed by atoms with E-state index in [-0.39, 0.29) is 5.91 Å². The molecular weight excluding hydrogens is 218 g/mol. The molecule has 90 valence electrons. The van der Waals surface area contributed by atoms with E-state index in [0.29, 0.717) is 6.54 Å². The first-order chi connectivity index (χ1) is 8.04. The summed E-state index contributed by atoms with van der Waals surface area (Å²) in [6.45, 7) is 4.30. The Balaban J connectivity index is 2.88. The summed E-state index contributed by atoms with van der Waals surface area (Å²) in [5.74, 6) is -1.46. The molecule has 0 aromatic heterocycles. The fraction of sp³-hybridized carbons (Fsp3) is 0.231. The summed E-state index contributed by atoms with van der Waals surface area (Å²) in [6.07, 6.45) is 1.91. The van der Waals surface area contributed by atoms with Crippen molar-refractivity contribution in [1.82, 2.24) is 0 Å². The number of carbonyl (C=O) groups is 2. The molecule has 0 bridgehead atoms. The standard InChI is InChI=1S/C13H15NO3/c1-3-14(12(15)8-9-13(16)17)11-6-4-10(2)5-7-11/h4-9H,3H2,1-2H3,(H,16,17). The lowest BCUT2D eigenvalue weighted by molar-refractivity contribution is -0.131. The second-order valence-corrected chi connectivity index (χ2v) is 3.59. The van der Waals surface area contributed by atoms with Crippen LogP contribution in [0.3, 0.4) is 0 Å². The number of aliphatic carboxylic acids is 1. The lowest BCUT2D eigenvalue weighted by Gasteiger charge is -2.19. The summed E-state index contributed by atoms with van der Waals surface area (Å²) in [5.41, 5.74) is 1.87. The third-order valence-corrected chi connectivity index (χ3v) is 2.30. The molecule has 1 rings (SSSR count). The third kappa shape index (κ3) is 3.75. The van der Waals surface area contributed by atoms with Crippen LogP contribution in [-0.2, 0) is 9.59 Å². The van der Waals surface area contributed by atoms with E-state index in [4.69, 9.17) is 5.11 Å². The largest absolute Gasteiger partial charge is 0.478 e. The topological polar surface area (TPSA) is 57.6 Å². The van der Waals surface area contributed by atoms with Crippen LogP contribution >= 0.6 is 0 Å². The Morgan fingerprint density at radius 2 is 1.82 bits per heavy atom. The van der Waals surface area contributed by atoms with Gasteiger partial charge < -0.3 is 10.0 Å². The number of anilines is 1. The van der Waals surface area contributed by atoms with Crippen LogP contribution < -0.4 is 4.90 Å². The fourth-order valence-electron chi connectivity index (χ4n) is 1.42. The van der Waals surface area contributed by atoms with Gasteiger partial charge in [-0.05, 0) is 26.0 Å². The van der Waals surface area contributed by atoms with Crippen molar-refractivity contribution in [2.24, 2.45) is 0 Å². The fourth-order valence-corrected chi connectivity index (χ4v) is 1.42. The Bertz CT molecular complexity index is 434. The first-order valence-electron chi connectivity index (χ1n) is 5.33. The Labute approximate surface area is 100 Å². The number of aryl methyl sites for hydroxylation is 1. The number of hydrogen-bond donors (Lipinski definition) is 1. The van der Waals surface area contributed by atoms with Gasteiger partial charge in [-0.1, -0.05) is 17.7 Å². The molecule has 0 spiro atoms. The van der Waals surface area contributed by atoms with Crippen LogP contribution in [0, 0.1) is 6.92 Å². The van der Waals surface area contributed by atoms with E-state index in [2.05, 4.69) is 0 Å². The first kappa shape index (κ1) is 13.0. The van der Waals surface area contributed by atoms with Crippen LogP contribution in [-0.4, -0.2) is 23.5 Å². The van der Waals surface area contributed by atoms with E-state index in [0.717, 1.165) is 23.4 Å². The zero-order valence-corrected chi connectivity index (χ0v) is 9.88. The zero-order chi connectivity index (χ0) is 12.8. The lowest BCUT2D eigenvalue weighted by atomic mass is 10.2. The Morgan fingerprint density at radius 3 is 2.29 bits per heavy atom. The molecular formula is C13H15NO3. The Morgan fingerprint density at radius 1 is 1.24 bits per heavy atom. The summed E-state index contributed by atoms with van der Waals surface area (Å²) >= 11 is 0. The van der Waals surface area contributed by atoms with Gasteiger partial charge in [-0.3, -0.25) is 4.79 Å². The maximum absolute atomic E-state index is 11.7. The van der Waals surface area contributed by atoms with Crippen LogP contribution in [0.5, 0.6) is 0 Å². The van der Waals surface area contributed by atoms with Gasteiger partial charge in [0.15, 0.2) is 0 Å². The van der Waals surface area contributed by atoms with Crippen molar-refractivity contribution in [1.29, 1.82) is 0 Å². The quantitative estimate of drug-likeness (QED) is 0.809. The normalized spacial score (nSPS) is 10.5. The van der Waals surface area contributed by atoms with Crippen LogP contribution in [0.4, 0.5) is 5.69 Å². The maximum Gasteiger partial charge on any atom is 0.328 e. The van der Waals surface area contributed by atoms with E-state index in [1.54, 1.807) is 0 Å². The summed E-state index contributed by atoms with van der Waals surface area (Å²) in [5, 5.41) is 8.47. The molecule has 0 unspecified atom stereocenters. The van der Waals surface area contributed by atoms with Crippen molar-refractivity contribution in [2.75, 3.05) is 11.4 Å². The lowest BCUT2D eigenvalue weighted by Crippen LogP contribution is -2.28. The highest BCUT2D eigenvalue weighted by atomic mass is 16.4. The number of carboxylic acid groups (broad SMARTS) is 1. The molecule has 1 amide bonds. The number of likely N-dealkylation sites (N-methyl/N-ethyl adjacent to an activating group) is 1. The molecule has 1 N–H and O–H groups in total. The summed E-state index contributed by atoms with van der Waals surface area (Å²) in [4.78, 5) is 23.6. The molecule has 1 aromatic rings. The second-order valence-electron chi connectivity index (χ2n) is 3.59. The smallest absolute Gasteiger partial charge is 0.328 e. The molecule has 0 heterocycles. The predicted molar refractivity (Wildman–Crippen MR) is 66.0 cm³/mol. The van der Waals surface area contributed by atoms with E-state index in [1.807, 2.05) is 38.1 Å². The van der Waals surface area contributed by atoms with Gasteiger partial charge in [-0.15, -0.1) is 0 Å². The Kier molecular flexibility index (Phi) is 4.46. The van der Waals surface area contributed by atoms with Crippen molar-refractivity contribution in [2.45, 2.75) is 13.8 Å². The minimum absolute atomic E-state index is 0.334. The highest BCUT2D eigenvalue weighted by Crippen LogP contribution is 2.15. The molecule has 4 nitrogen and oxygen atoms in total. The summed E-state index contributed by atoms with van der Waals surface area (Å²) < 4.78 is 0. The van der Waals surface area contributed by atoms with Gasteiger partial charge in [0.2, 0.25) is 0 Å². The van der Waals surface area contributed by atoms with E-state index < -0.39 is 5.97 Å². The molecule has 4 heteroatoms. The monoisotopic (exact) mass is 233 g/mol. The number of nitrogens with zero attached hydrogens (tertiary/aromatic N) is 1. The van der Waals surface area contributed by atoms with Crippen molar-refractivity contribution < 1.29 is 14.7 Å². The van der Waals surface area contributed by atoms with Gasteiger partial charge in [0.1, 0.15) is 0 Å². The highest BCUT2D eigenvalue weighted by molar-refractivity contribution is 6.03. The zero-order valence-electron chi connectivity index (χ0n) is 9.88. The Hall–Kier alpha value is -2.10. The number of carboxylic acids is 1. The number of benzene rings is 1. The summed E-state index contributed by atoms with van der Waals surface area (Å²) in [6, 6.07) is 7.50. The molecule has 0 saturated heterocycles. The highest BCUT2D eigenvalue weighted by Gasteiger charge is 2.10. The molecule has 0 atom stereocenters. The van der Waals surface area contributed by atoms with Gasteiger partial charge in [0.25, 0.3) is 5.91 Å². The number of amides is 1. The van der Waals surface area contributed by atoms with Crippen molar-refractivity contribution in [3.63, 3.8) is 0 Å². The van der Waals surface area contributed by atoms with Crippen LogP contribution in [0.25, 0.3) is 0 Å². The van der Waals surface area contributed by atoms with E-state index in [1.165, 1.54) is 4.90 Å². The van der Waals surface area contributed by atoms with Crippen LogP contribution in [0.2, 0.25) is 0 Å². The van der Waals surface area contributed by atoms with E-state index >= 15 is 0 Å². The molecule has 0 radical (unpaired) electrons. The molecule has 0 saturated carbocycles. The van der Waals surface area contributed by atoms with Gasteiger partial charge in [-0.2, -0.15) is 0 Å². The third-order valence-electron chi connectivity index (χ3n) is 2.30. The molecule has 1 aromatic carbocycles. The number of hydrogen-bond acceptors (Lipinski definition) is 2. The van der Waals surface area contributed by atoms with E-state index in [9.17, 15) is 9.59 Å². The maximum atomic E-state index is 11.7. The SMILES string of the molecule is CCN(C(=O)C=CC(=O)O)c1ccc(C)cc1. The molecule has 0 aliphatic heterocycles. The average molecular weight is 233 g/mol. The second kappa shape index (κ2) is 5.84. The number of carbonyl (C=O) groups excluding carboxylic acids is 1. The number of rotatable bonds is 4. The molecule has 0 fully saturated rings. The molecule has 0 aliphatic carbocycles. The molecule has 0 aliphatic rings. The van der Waals surface area contributed by atoms with Crippen molar-refractivity contribution in [3.05, 3.63) is 42.0 Å². The first-order valence-corrected chi connectivity index (χ1v) is 5.33. The predicted octanol–water partition coefficient (Wildman–Crippen LogP) is 1.99. The minimum Gasteiger partial charge on any atom is -0.478 e. The van der Waals surface area contributed by atoms with Gasteiger partial charge in [0.05, 0.1) is 0 Å². The van der Waals surface area contributed by atoms with Crippen molar-refractivity contribution in [3.8, 4) is 0 Å². The van der Waals surface area contributed by atoms with Crippen molar-refractivity contribution >= 4 is 17.6 Å². The minimum atomic E-state index is -1.13. The van der Waals surface area contributed by atoms with Crippen LogP contribution in [0.1, 0.15) is 12.5 Å². The van der Waals surface area contributed by atoms with Gasteiger partial charge in [0, 0.05) is 24.4 Å². The summed E-state index contributed by atoms with van der Waals surface area (Å²) in [7, 11) is 0. The van der Waals surface area contributed by atoms with Gasteiger partial charge >= 0.3 is 5.97 Å². The van der Waals surface area contributed by atoms with Crippen LogP contribution in [0.15, 0.2) is 36.4 Å². The molecule has 17 heavy (non-hydrogen) atoms. The average Bonchev–Trinajstić information content (AvgIpc) is 2.30.